The molecule has 1 saturated heterocycles. The van der Waals surface area contributed by atoms with Crippen molar-refractivity contribution in [1.82, 2.24) is 0 Å². The second kappa shape index (κ2) is 5.20. The van der Waals surface area contributed by atoms with Crippen LogP contribution in [0.25, 0.3) is 0 Å². The summed E-state index contributed by atoms with van der Waals surface area (Å²) in [5.41, 5.74) is 0. The van der Waals surface area contributed by atoms with E-state index in [0.717, 1.165) is 6.08 Å². The van der Waals surface area contributed by atoms with Crippen molar-refractivity contribution in [1.29, 1.82) is 0 Å². The molecule has 0 aromatic heterocycles. The maximum Gasteiger partial charge on any atom is 0.269 e. The Morgan fingerprint density at radius 1 is 1.29 bits per heavy atom. The minimum atomic E-state index is -2.96. The molecule has 2 aliphatic rings. The lowest BCUT2D eigenvalue weighted by molar-refractivity contribution is -0.225. The molecule has 21 heavy (non-hydrogen) atoms. The largest absolute Gasteiger partial charge is 0.394 e. The third kappa shape index (κ3) is 2.24. The van der Waals surface area contributed by atoms with Crippen LogP contribution < -0.4 is 0 Å². The van der Waals surface area contributed by atoms with Gasteiger partial charge in [0.25, 0.3) is 11.6 Å². The first-order chi connectivity index (χ1) is 9.74. The summed E-state index contributed by atoms with van der Waals surface area (Å²) in [7, 11) is 0. The van der Waals surface area contributed by atoms with Gasteiger partial charge in [-0.2, -0.15) is 0 Å². The Kier molecular flexibility index (Phi) is 3.87. The number of Topliss-reactive ketones (excluding diaryl/α,β-unsaturated/α-hetero) is 3. The fraction of sp³-hybridized carbons (Fsp3) is 0.500. The van der Waals surface area contributed by atoms with Gasteiger partial charge in [-0.15, -0.1) is 0 Å². The van der Waals surface area contributed by atoms with E-state index < -0.39 is 59.8 Å². The molecule has 1 aliphatic carbocycles. The van der Waals surface area contributed by atoms with Gasteiger partial charge in [-0.1, -0.05) is 6.08 Å². The van der Waals surface area contributed by atoms with Crippen molar-refractivity contribution in [3.05, 3.63) is 12.2 Å². The summed E-state index contributed by atoms with van der Waals surface area (Å²) in [6, 6.07) is 0. The van der Waals surface area contributed by atoms with Crippen LogP contribution in [0.15, 0.2) is 12.2 Å². The molecule has 1 unspecified atom stereocenters. The SMILES string of the molecule is O=C1C=CC(C(=O)[C@]2(O)O[C@H](CO)[C@@H](O)[C@@H]2O)C(=O)C1=O. The van der Waals surface area contributed by atoms with E-state index >= 15 is 0 Å². The predicted molar refractivity (Wildman–Crippen MR) is 61.6 cm³/mol. The van der Waals surface area contributed by atoms with Crippen LogP contribution in [-0.2, 0) is 23.9 Å². The van der Waals surface area contributed by atoms with Gasteiger partial charge in [0.15, 0.2) is 0 Å². The zero-order valence-corrected chi connectivity index (χ0v) is 10.5. The van der Waals surface area contributed by atoms with Crippen molar-refractivity contribution in [2.45, 2.75) is 24.1 Å². The zero-order chi connectivity index (χ0) is 15.9. The normalized spacial score (nSPS) is 39.9. The van der Waals surface area contributed by atoms with E-state index in [0.29, 0.717) is 6.08 Å². The number of rotatable bonds is 3. The molecule has 5 atom stereocenters. The van der Waals surface area contributed by atoms with Crippen molar-refractivity contribution < 1.29 is 44.3 Å². The Bertz CT molecular complexity index is 551. The second-order valence-corrected chi connectivity index (χ2v) is 4.73. The summed E-state index contributed by atoms with van der Waals surface area (Å²) < 4.78 is 4.72. The van der Waals surface area contributed by atoms with Crippen molar-refractivity contribution in [2.75, 3.05) is 6.61 Å². The van der Waals surface area contributed by atoms with Crippen LogP contribution in [0.3, 0.4) is 0 Å². The standard InChI is InChI=1S/C12H12O9/c13-3-6-9(17)11(19)12(20,21-6)10(18)4-1-2-5(14)8(16)7(4)15/h1-2,4,6,9,11,13,17,19-20H,3H2/t4?,6-,9-,11+,12+/m1/s1. The van der Waals surface area contributed by atoms with Crippen molar-refractivity contribution >= 4 is 23.1 Å². The van der Waals surface area contributed by atoms with Gasteiger partial charge in [-0.05, 0) is 6.08 Å². The summed E-state index contributed by atoms with van der Waals surface area (Å²) in [6.45, 7) is -0.792. The lowest BCUT2D eigenvalue weighted by atomic mass is 9.84. The number of aliphatic hydroxyl groups is 4. The van der Waals surface area contributed by atoms with Gasteiger partial charge in [-0.3, -0.25) is 19.2 Å². The lowest BCUT2D eigenvalue weighted by Crippen LogP contribution is -2.54. The molecule has 0 radical (unpaired) electrons. The second-order valence-electron chi connectivity index (χ2n) is 4.73. The van der Waals surface area contributed by atoms with Gasteiger partial charge in [0.05, 0.1) is 6.61 Å². The number of allylic oxidation sites excluding steroid dienone is 2. The first-order valence-electron chi connectivity index (χ1n) is 5.96. The predicted octanol–water partition coefficient (Wildman–Crippen LogP) is -3.75. The number of carbonyl (C=O) groups excluding carboxylic acids is 4. The summed E-state index contributed by atoms with van der Waals surface area (Å²) >= 11 is 0. The minimum Gasteiger partial charge on any atom is -0.394 e. The monoisotopic (exact) mass is 300 g/mol. The molecule has 1 fully saturated rings. The molecule has 0 aromatic carbocycles. The van der Waals surface area contributed by atoms with Crippen LogP contribution in [0.2, 0.25) is 0 Å². The Hall–Kier alpha value is -1.78. The van der Waals surface area contributed by atoms with E-state index in [-0.39, 0.29) is 0 Å². The lowest BCUT2D eigenvalue weighted by Gasteiger charge is -2.27. The molecule has 114 valence electrons. The van der Waals surface area contributed by atoms with Crippen molar-refractivity contribution in [3.63, 3.8) is 0 Å². The fourth-order valence-electron chi connectivity index (χ4n) is 2.19. The number of carbonyl (C=O) groups is 4. The summed E-state index contributed by atoms with van der Waals surface area (Å²) in [6.07, 6.45) is -3.80. The number of ketones is 4. The van der Waals surface area contributed by atoms with E-state index in [1.807, 2.05) is 0 Å². The molecule has 0 aromatic rings. The average molecular weight is 300 g/mol. The molecule has 0 bridgehead atoms. The maximum absolute atomic E-state index is 12.1. The Balaban J connectivity index is 2.32. The first kappa shape index (κ1) is 15.6. The Morgan fingerprint density at radius 3 is 2.43 bits per heavy atom. The quantitative estimate of drug-likeness (QED) is 0.303. The first-order valence-corrected chi connectivity index (χ1v) is 5.96. The molecule has 0 saturated carbocycles. The highest BCUT2D eigenvalue weighted by Gasteiger charge is 2.60. The molecule has 4 N–H and O–H groups in total. The molecule has 2 rings (SSSR count). The number of aliphatic hydroxyl groups excluding tert-OH is 3. The molecule has 0 spiro atoms. The van der Waals surface area contributed by atoms with Crippen LogP contribution in [0, 0.1) is 5.92 Å². The zero-order valence-electron chi connectivity index (χ0n) is 10.5. The van der Waals surface area contributed by atoms with Crippen LogP contribution in [0.5, 0.6) is 0 Å². The van der Waals surface area contributed by atoms with E-state index in [9.17, 15) is 34.5 Å². The van der Waals surface area contributed by atoms with Crippen LogP contribution in [-0.4, -0.2) is 74.3 Å². The topological polar surface area (TPSA) is 158 Å². The van der Waals surface area contributed by atoms with Gasteiger partial charge in [0.2, 0.25) is 17.3 Å². The maximum atomic E-state index is 12.1. The highest BCUT2D eigenvalue weighted by molar-refractivity contribution is 6.68. The highest BCUT2D eigenvalue weighted by Crippen LogP contribution is 2.33. The molecule has 9 heteroatoms. The molecule has 9 nitrogen and oxygen atoms in total. The third-order valence-electron chi connectivity index (χ3n) is 3.42. The molecular formula is C12H12O9. The van der Waals surface area contributed by atoms with E-state index in [1.54, 1.807) is 0 Å². The fourth-order valence-corrected chi connectivity index (χ4v) is 2.19. The van der Waals surface area contributed by atoms with Crippen LogP contribution in [0.1, 0.15) is 0 Å². The number of ether oxygens (including phenoxy) is 1. The van der Waals surface area contributed by atoms with Crippen LogP contribution >= 0.6 is 0 Å². The van der Waals surface area contributed by atoms with Gasteiger partial charge < -0.3 is 25.2 Å². The molecule has 0 amide bonds. The van der Waals surface area contributed by atoms with Gasteiger partial charge in [-0.25, -0.2) is 0 Å². The molecule has 1 heterocycles. The molecule has 1 aliphatic heterocycles. The van der Waals surface area contributed by atoms with Gasteiger partial charge >= 0.3 is 0 Å². The number of hydrogen-bond donors (Lipinski definition) is 4. The molecular weight excluding hydrogens is 288 g/mol. The van der Waals surface area contributed by atoms with Gasteiger partial charge in [0, 0.05) is 0 Å². The van der Waals surface area contributed by atoms with Crippen LogP contribution in [0.4, 0.5) is 0 Å². The van der Waals surface area contributed by atoms with Gasteiger partial charge in [0.1, 0.15) is 24.2 Å². The minimum absolute atomic E-state index is 0.705. The highest BCUT2D eigenvalue weighted by atomic mass is 16.7. The van der Waals surface area contributed by atoms with Crippen molar-refractivity contribution in [2.24, 2.45) is 5.92 Å². The summed E-state index contributed by atoms with van der Waals surface area (Å²) in [5.74, 6) is -10.0. The summed E-state index contributed by atoms with van der Waals surface area (Å²) in [4.78, 5) is 46.0. The smallest absolute Gasteiger partial charge is 0.269 e. The van der Waals surface area contributed by atoms with E-state index in [1.165, 1.54) is 0 Å². The third-order valence-corrected chi connectivity index (χ3v) is 3.42. The van der Waals surface area contributed by atoms with Crippen molar-refractivity contribution in [3.8, 4) is 0 Å². The Morgan fingerprint density at radius 2 is 1.90 bits per heavy atom. The van der Waals surface area contributed by atoms with E-state index in [2.05, 4.69) is 0 Å². The average Bonchev–Trinajstić information content (AvgIpc) is 2.69. The summed E-state index contributed by atoms with van der Waals surface area (Å²) in [5, 5.41) is 38.2. The number of hydrogen-bond acceptors (Lipinski definition) is 9. The van der Waals surface area contributed by atoms with E-state index in [4.69, 9.17) is 9.84 Å². The Labute approximate surface area is 117 Å².